The van der Waals surface area contributed by atoms with Crippen molar-refractivity contribution in [1.29, 1.82) is 0 Å². The summed E-state index contributed by atoms with van der Waals surface area (Å²) in [4.78, 5) is 26.9. The lowest BCUT2D eigenvalue weighted by molar-refractivity contribution is -0.120. The molecule has 0 saturated carbocycles. The third-order valence-electron chi connectivity index (χ3n) is 3.50. The summed E-state index contributed by atoms with van der Waals surface area (Å²) in [5, 5.41) is 3.42. The van der Waals surface area contributed by atoms with E-state index in [1.54, 1.807) is 18.6 Å². The number of amides is 1. The highest BCUT2D eigenvalue weighted by Gasteiger charge is 2.26. The zero-order valence-corrected chi connectivity index (χ0v) is 12.5. The maximum absolute atomic E-state index is 12.2. The van der Waals surface area contributed by atoms with Crippen molar-refractivity contribution < 1.29 is 4.79 Å². The van der Waals surface area contributed by atoms with E-state index in [1.165, 1.54) is 11.5 Å². The summed E-state index contributed by atoms with van der Waals surface area (Å²) in [7, 11) is 0. The second kappa shape index (κ2) is 6.13. The molecule has 21 heavy (non-hydrogen) atoms. The van der Waals surface area contributed by atoms with Crippen molar-refractivity contribution in [1.82, 2.24) is 19.3 Å². The van der Waals surface area contributed by atoms with Gasteiger partial charge in [0.2, 0.25) is 11.0 Å². The molecule has 1 aliphatic heterocycles. The van der Waals surface area contributed by atoms with Crippen LogP contribution in [0.4, 0.5) is 10.9 Å². The van der Waals surface area contributed by atoms with Crippen LogP contribution in [0.1, 0.15) is 18.7 Å². The van der Waals surface area contributed by atoms with E-state index >= 15 is 0 Å². The number of carbonyl (C=O) groups excluding carboxylic acids is 1. The fraction of sp³-hybridized carbons (Fsp3) is 0.462. The molecule has 0 bridgehead atoms. The Morgan fingerprint density at radius 3 is 2.81 bits per heavy atom. The Hall–Kier alpha value is -2.09. The van der Waals surface area contributed by atoms with Gasteiger partial charge in [-0.15, -0.1) is 0 Å². The Balaban J connectivity index is 1.54. The van der Waals surface area contributed by atoms with Crippen molar-refractivity contribution in [3.63, 3.8) is 0 Å². The molecule has 1 fully saturated rings. The minimum Gasteiger partial charge on any atom is -0.355 e. The summed E-state index contributed by atoms with van der Waals surface area (Å²) < 4.78 is 4.06. The van der Waals surface area contributed by atoms with Gasteiger partial charge in [0.05, 0.1) is 6.20 Å². The lowest BCUT2D eigenvalue weighted by Crippen LogP contribution is -2.38. The zero-order chi connectivity index (χ0) is 14.7. The standard InChI is InChI=1S/C13H16N6OS/c1-9-16-13(21-18-9)17-12(20)10-2-6-19(7-3-10)11-8-14-4-5-15-11/h4-5,8,10H,2-3,6-7H2,1H3,(H,16,17,18,20). The minimum atomic E-state index is 0.0159. The second-order valence-corrected chi connectivity index (χ2v) is 5.71. The number of nitrogens with zero attached hydrogens (tertiary/aromatic N) is 5. The average molecular weight is 304 g/mol. The van der Waals surface area contributed by atoms with Gasteiger partial charge in [0.1, 0.15) is 11.6 Å². The van der Waals surface area contributed by atoms with E-state index < -0.39 is 0 Å². The number of aromatic nitrogens is 4. The highest BCUT2D eigenvalue weighted by atomic mass is 32.1. The highest BCUT2D eigenvalue weighted by molar-refractivity contribution is 7.09. The predicted octanol–water partition coefficient (Wildman–Crippen LogP) is 1.49. The Morgan fingerprint density at radius 2 is 2.19 bits per heavy atom. The maximum Gasteiger partial charge on any atom is 0.229 e. The first-order valence-electron chi connectivity index (χ1n) is 6.84. The van der Waals surface area contributed by atoms with Crippen molar-refractivity contribution in [2.24, 2.45) is 5.92 Å². The molecule has 2 aromatic rings. The topological polar surface area (TPSA) is 83.9 Å². The van der Waals surface area contributed by atoms with E-state index in [-0.39, 0.29) is 11.8 Å². The van der Waals surface area contributed by atoms with Crippen LogP contribution in [0.25, 0.3) is 0 Å². The number of nitrogens with one attached hydrogen (secondary N) is 1. The normalized spacial score (nSPS) is 16.0. The van der Waals surface area contributed by atoms with Gasteiger partial charge in [-0.25, -0.2) is 9.97 Å². The maximum atomic E-state index is 12.2. The van der Waals surface area contributed by atoms with E-state index in [2.05, 4.69) is 29.5 Å². The number of hydrogen-bond acceptors (Lipinski definition) is 7. The molecule has 0 atom stereocenters. The summed E-state index contributed by atoms with van der Waals surface area (Å²) in [6.07, 6.45) is 6.71. The van der Waals surface area contributed by atoms with Crippen molar-refractivity contribution in [2.75, 3.05) is 23.3 Å². The summed E-state index contributed by atoms with van der Waals surface area (Å²) in [5.41, 5.74) is 0. The fourth-order valence-electron chi connectivity index (χ4n) is 2.38. The lowest BCUT2D eigenvalue weighted by Gasteiger charge is -2.31. The quantitative estimate of drug-likeness (QED) is 0.925. The molecule has 0 spiro atoms. The first-order chi connectivity index (χ1) is 10.2. The second-order valence-electron chi connectivity index (χ2n) is 4.96. The van der Waals surface area contributed by atoms with E-state index in [4.69, 9.17) is 0 Å². The summed E-state index contributed by atoms with van der Waals surface area (Å²) in [6, 6.07) is 0. The van der Waals surface area contributed by atoms with Crippen molar-refractivity contribution >= 4 is 28.4 Å². The smallest absolute Gasteiger partial charge is 0.229 e. The number of anilines is 2. The molecular formula is C13H16N6OS. The van der Waals surface area contributed by atoms with Crippen molar-refractivity contribution in [3.8, 4) is 0 Å². The first-order valence-corrected chi connectivity index (χ1v) is 7.62. The third kappa shape index (κ3) is 3.33. The molecule has 2 aromatic heterocycles. The number of aryl methyl sites for hydroxylation is 1. The van der Waals surface area contributed by atoms with Gasteiger partial charge in [-0.3, -0.25) is 9.78 Å². The number of rotatable bonds is 3. The van der Waals surface area contributed by atoms with Gasteiger partial charge in [-0.1, -0.05) is 0 Å². The third-order valence-corrected chi connectivity index (χ3v) is 4.22. The van der Waals surface area contributed by atoms with Crippen LogP contribution >= 0.6 is 11.5 Å². The Labute approximate surface area is 126 Å². The number of carbonyl (C=O) groups is 1. The van der Waals surface area contributed by atoms with Gasteiger partial charge >= 0.3 is 0 Å². The van der Waals surface area contributed by atoms with Crippen LogP contribution in [0.5, 0.6) is 0 Å². The monoisotopic (exact) mass is 304 g/mol. The SMILES string of the molecule is Cc1nsc(NC(=O)C2CCN(c3cnccn3)CC2)n1. The molecule has 110 valence electrons. The molecule has 1 amide bonds. The van der Waals surface area contributed by atoms with Gasteiger partial charge in [0, 0.05) is 42.9 Å². The summed E-state index contributed by atoms with van der Waals surface area (Å²) in [6.45, 7) is 3.43. The number of piperidine rings is 1. The van der Waals surface area contributed by atoms with E-state index in [0.29, 0.717) is 11.0 Å². The average Bonchev–Trinajstić information content (AvgIpc) is 2.93. The van der Waals surface area contributed by atoms with Crippen LogP contribution in [0.3, 0.4) is 0 Å². The van der Waals surface area contributed by atoms with Crippen LogP contribution in [0.15, 0.2) is 18.6 Å². The van der Waals surface area contributed by atoms with Crippen LogP contribution in [-0.4, -0.2) is 38.3 Å². The van der Waals surface area contributed by atoms with Crippen LogP contribution < -0.4 is 10.2 Å². The molecular weight excluding hydrogens is 288 g/mol. The van der Waals surface area contributed by atoms with Gasteiger partial charge in [0.15, 0.2) is 0 Å². The molecule has 0 unspecified atom stereocenters. The van der Waals surface area contributed by atoms with E-state index in [1.807, 2.05) is 6.92 Å². The molecule has 0 aliphatic carbocycles. The number of hydrogen-bond donors (Lipinski definition) is 1. The minimum absolute atomic E-state index is 0.0159. The van der Waals surface area contributed by atoms with E-state index in [0.717, 1.165) is 31.7 Å². The molecule has 7 nitrogen and oxygen atoms in total. The Kier molecular flexibility index (Phi) is 4.05. The largest absolute Gasteiger partial charge is 0.355 e. The molecule has 8 heteroatoms. The van der Waals surface area contributed by atoms with Crippen molar-refractivity contribution in [2.45, 2.75) is 19.8 Å². The zero-order valence-electron chi connectivity index (χ0n) is 11.7. The molecule has 3 rings (SSSR count). The molecule has 1 saturated heterocycles. The van der Waals surface area contributed by atoms with Crippen LogP contribution in [0.2, 0.25) is 0 Å². The highest BCUT2D eigenvalue weighted by Crippen LogP contribution is 2.22. The van der Waals surface area contributed by atoms with Gasteiger partial charge in [-0.2, -0.15) is 4.37 Å². The van der Waals surface area contributed by atoms with Gasteiger partial charge in [0.25, 0.3) is 0 Å². The molecule has 1 N–H and O–H groups in total. The molecule has 0 radical (unpaired) electrons. The Bertz CT molecular complexity index is 608. The molecule has 1 aliphatic rings. The fourth-order valence-corrected chi connectivity index (χ4v) is 2.96. The predicted molar refractivity (Wildman–Crippen MR) is 80.2 cm³/mol. The molecule has 0 aromatic carbocycles. The van der Waals surface area contributed by atoms with Gasteiger partial charge < -0.3 is 10.2 Å². The van der Waals surface area contributed by atoms with E-state index in [9.17, 15) is 4.79 Å². The molecule has 3 heterocycles. The van der Waals surface area contributed by atoms with Crippen molar-refractivity contribution in [3.05, 3.63) is 24.4 Å². The summed E-state index contributed by atoms with van der Waals surface area (Å²) in [5.74, 6) is 1.61. The van der Waals surface area contributed by atoms with Crippen LogP contribution in [0, 0.1) is 12.8 Å². The first kappa shape index (κ1) is 13.9. The van der Waals surface area contributed by atoms with Gasteiger partial charge in [-0.05, 0) is 19.8 Å². The lowest BCUT2D eigenvalue weighted by atomic mass is 9.96. The summed E-state index contributed by atoms with van der Waals surface area (Å²) >= 11 is 1.22. The Morgan fingerprint density at radius 1 is 1.38 bits per heavy atom. The van der Waals surface area contributed by atoms with Crippen LogP contribution in [-0.2, 0) is 4.79 Å².